The highest BCUT2D eigenvalue weighted by atomic mass is 16.3. The van der Waals surface area contributed by atoms with Crippen LogP contribution in [-0.4, -0.2) is 5.91 Å². The van der Waals surface area contributed by atoms with Gasteiger partial charge in [0.1, 0.15) is 11.5 Å². The minimum Gasteiger partial charge on any atom is -0.461 e. The zero-order valence-corrected chi connectivity index (χ0v) is 12.2. The minimum absolute atomic E-state index is 0.259. The SMILES string of the molecule is Cc1cc(=NC(=O)c2ccccc2)cc(-c2ccccc2)o1. The van der Waals surface area contributed by atoms with E-state index in [9.17, 15) is 4.79 Å². The molecule has 1 amide bonds. The molecule has 108 valence electrons. The lowest BCUT2D eigenvalue weighted by molar-refractivity contribution is 0.0998. The Morgan fingerprint density at radius 2 is 1.55 bits per heavy atom. The molecule has 0 aliphatic carbocycles. The summed E-state index contributed by atoms with van der Waals surface area (Å²) in [7, 11) is 0. The molecule has 3 nitrogen and oxygen atoms in total. The van der Waals surface area contributed by atoms with E-state index in [1.165, 1.54) is 0 Å². The number of hydrogen-bond donors (Lipinski definition) is 0. The summed E-state index contributed by atoms with van der Waals surface area (Å²) in [5.74, 6) is 1.14. The Labute approximate surface area is 128 Å². The lowest BCUT2D eigenvalue weighted by Gasteiger charge is -2.02. The van der Waals surface area contributed by atoms with Crippen LogP contribution in [0.25, 0.3) is 11.3 Å². The summed E-state index contributed by atoms with van der Waals surface area (Å²) >= 11 is 0. The average molecular weight is 289 g/mol. The molecule has 0 N–H and O–H groups in total. The molecule has 0 saturated carbocycles. The maximum Gasteiger partial charge on any atom is 0.277 e. The van der Waals surface area contributed by atoms with Crippen LogP contribution in [0, 0.1) is 6.92 Å². The fraction of sp³-hybridized carbons (Fsp3) is 0.0526. The van der Waals surface area contributed by atoms with Gasteiger partial charge in [0, 0.05) is 23.3 Å². The van der Waals surface area contributed by atoms with E-state index in [0.717, 1.165) is 5.56 Å². The Kier molecular flexibility index (Phi) is 3.97. The zero-order chi connectivity index (χ0) is 15.4. The first kappa shape index (κ1) is 14.0. The molecule has 1 aromatic heterocycles. The van der Waals surface area contributed by atoms with Crippen molar-refractivity contribution in [1.82, 2.24) is 0 Å². The molecule has 0 unspecified atom stereocenters. The number of amides is 1. The zero-order valence-electron chi connectivity index (χ0n) is 12.2. The van der Waals surface area contributed by atoms with Crippen LogP contribution in [0.2, 0.25) is 0 Å². The van der Waals surface area contributed by atoms with Crippen molar-refractivity contribution in [2.24, 2.45) is 4.99 Å². The Balaban J connectivity index is 2.03. The van der Waals surface area contributed by atoms with Crippen LogP contribution < -0.4 is 5.36 Å². The number of benzene rings is 2. The number of rotatable bonds is 2. The third-order valence-corrected chi connectivity index (χ3v) is 3.21. The van der Waals surface area contributed by atoms with E-state index in [2.05, 4.69) is 4.99 Å². The van der Waals surface area contributed by atoms with Gasteiger partial charge in [-0.3, -0.25) is 4.79 Å². The van der Waals surface area contributed by atoms with Crippen molar-refractivity contribution in [3.8, 4) is 11.3 Å². The normalized spacial score (nSPS) is 11.4. The number of hydrogen-bond acceptors (Lipinski definition) is 2. The monoisotopic (exact) mass is 289 g/mol. The van der Waals surface area contributed by atoms with Gasteiger partial charge in [0.2, 0.25) is 0 Å². The van der Waals surface area contributed by atoms with Crippen LogP contribution in [0.5, 0.6) is 0 Å². The van der Waals surface area contributed by atoms with Gasteiger partial charge in [-0.15, -0.1) is 0 Å². The molecule has 0 aliphatic rings. The number of carbonyl (C=O) groups excluding carboxylic acids is 1. The third-order valence-electron chi connectivity index (χ3n) is 3.21. The average Bonchev–Trinajstić information content (AvgIpc) is 2.56. The van der Waals surface area contributed by atoms with E-state index >= 15 is 0 Å². The summed E-state index contributed by atoms with van der Waals surface area (Å²) in [5.41, 5.74) is 1.53. The van der Waals surface area contributed by atoms with Gasteiger partial charge in [-0.2, -0.15) is 0 Å². The molecule has 1 heterocycles. The van der Waals surface area contributed by atoms with Gasteiger partial charge in [0.25, 0.3) is 5.91 Å². The highest BCUT2D eigenvalue weighted by molar-refractivity contribution is 5.94. The highest BCUT2D eigenvalue weighted by Crippen LogP contribution is 2.17. The van der Waals surface area contributed by atoms with Crippen molar-refractivity contribution in [3.63, 3.8) is 0 Å². The van der Waals surface area contributed by atoms with Crippen molar-refractivity contribution < 1.29 is 9.21 Å². The molecule has 0 aliphatic heterocycles. The predicted octanol–water partition coefficient (Wildman–Crippen LogP) is 4.00. The van der Waals surface area contributed by atoms with Crippen molar-refractivity contribution in [1.29, 1.82) is 0 Å². The topological polar surface area (TPSA) is 42.6 Å². The van der Waals surface area contributed by atoms with Crippen molar-refractivity contribution >= 4 is 5.91 Å². The highest BCUT2D eigenvalue weighted by Gasteiger charge is 2.04. The first-order valence-electron chi connectivity index (χ1n) is 7.04. The van der Waals surface area contributed by atoms with Gasteiger partial charge in [-0.05, 0) is 19.1 Å². The Morgan fingerprint density at radius 1 is 0.909 bits per heavy atom. The molecule has 0 saturated heterocycles. The van der Waals surface area contributed by atoms with E-state index in [1.807, 2.05) is 55.5 Å². The largest absolute Gasteiger partial charge is 0.461 e. The van der Waals surface area contributed by atoms with E-state index in [4.69, 9.17) is 4.42 Å². The van der Waals surface area contributed by atoms with Crippen LogP contribution in [0.4, 0.5) is 0 Å². The molecule has 3 rings (SSSR count). The third kappa shape index (κ3) is 3.20. The molecule has 22 heavy (non-hydrogen) atoms. The van der Waals surface area contributed by atoms with Gasteiger partial charge in [-0.25, -0.2) is 4.99 Å². The molecule has 0 atom stereocenters. The summed E-state index contributed by atoms with van der Waals surface area (Å²) in [4.78, 5) is 16.4. The molecule has 0 bridgehead atoms. The Hall–Kier alpha value is -2.94. The van der Waals surface area contributed by atoms with Crippen LogP contribution in [-0.2, 0) is 0 Å². The van der Waals surface area contributed by atoms with Gasteiger partial charge in [-0.1, -0.05) is 48.5 Å². The van der Waals surface area contributed by atoms with Crippen LogP contribution in [0.15, 0.2) is 82.2 Å². The first-order valence-corrected chi connectivity index (χ1v) is 7.04. The predicted molar refractivity (Wildman–Crippen MR) is 85.2 cm³/mol. The number of carbonyl (C=O) groups is 1. The van der Waals surface area contributed by atoms with E-state index in [-0.39, 0.29) is 5.91 Å². The van der Waals surface area contributed by atoms with Gasteiger partial charge in [0.05, 0.1) is 5.36 Å². The quantitative estimate of drug-likeness (QED) is 0.715. The lowest BCUT2D eigenvalue weighted by Crippen LogP contribution is -2.07. The van der Waals surface area contributed by atoms with Crippen molar-refractivity contribution in [2.75, 3.05) is 0 Å². The Morgan fingerprint density at radius 3 is 2.23 bits per heavy atom. The first-order chi connectivity index (χ1) is 10.7. The van der Waals surface area contributed by atoms with Crippen molar-refractivity contribution in [3.05, 3.63) is 89.5 Å². The smallest absolute Gasteiger partial charge is 0.277 e. The molecule has 0 radical (unpaired) electrons. The molecule has 2 aromatic carbocycles. The standard InChI is InChI=1S/C19H15NO2/c1-14-12-17(20-19(21)16-10-6-3-7-11-16)13-18(22-14)15-8-4-2-5-9-15/h2-13H,1H3. The van der Waals surface area contributed by atoms with E-state index in [0.29, 0.717) is 22.4 Å². The van der Waals surface area contributed by atoms with Crippen molar-refractivity contribution in [2.45, 2.75) is 6.92 Å². The number of nitrogens with zero attached hydrogens (tertiary/aromatic N) is 1. The van der Waals surface area contributed by atoms with Crippen LogP contribution in [0.3, 0.4) is 0 Å². The second-order valence-electron chi connectivity index (χ2n) is 4.94. The lowest BCUT2D eigenvalue weighted by atomic mass is 10.1. The number of aryl methyl sites for hydroxylation is 1. The summed E-state index contributed by atoms with van der Waals surface area (Å²) < 4.78 is 5.72. The molecule has 3 heteroatoms. The minimum atomic E-state index is -0.259. The van der Waals surface area contributed by atoms with Gasteiger partial charge >= 0.3 is 0 Å². The summed E-state index contributed by atoms with van der Waals surface area (Å²) in [5, 5.41) is 0.594. The second-order valence-corrected chi connectivity index (χ2v) is 4.94. The van der Waals surface area contributed by atoms with Crippen LogP contribution >= 0.6 is 0 Å². The maximum absolute atomic E-state index is 12.2. The van der Waals surface area contributed by atoms with Crippen LogP contribution in [0.1, 0.15) is 16.1 Å². The summed E-state index contributed by atoms with van der Waals surface area (Å²) in [6, 6.07) is 22.3. The van der Waals surface area contributed by atoms with E-state index < -0.39 is 0 Å². The fourth-order valence-corrected chi connectivity index (χ4v) is 2.19. The summed E-state index contributed by atoms with van der Waals surface area (Å²) in [6.45, 7) is 1.85. The molecule has 0 spiro atoms. The molecular formula is C19H15NO2. The summed E-state index contributed by atoms with van der Waals surface area (Å²) in [6.07, 6.45) is 0. The van der Waals surface area contributed by atoms with E-state index in [1.54, 1.807) is 24.3 Å². The van der Waals surface area contributed by atoms with Gasteiger partial charge in [0.15, 0.2) is 0 Å². The Bertz CT molecular complexity index is 849. The maximum atomic E-state index is 12.2. The second kappa shape index (κ2) is 6.22. The molecule has 3 aromatic rings. The van der Waals surface area contributed by atoms with Gasteiger partial charge < -0.3 is 4.42 Å². The molecule has 0 fully saturated rings. The fourth-order valence-electron chi connectivity index (χ4n) is 2.19. The molecular weight excluding hydrogens is 274 g/mol.